The highest BCUT2D eigenvalue weighted by atomic mass is 16.7. The first-order valence-corrected chi connectivity index (χ1v) is 6.73. The maximum Gasteiger partial charge on any atom is 0.157 e. The molecule has 0 saturated carbocycles. The van der Waals surface area contributed by atoms with Crippen molar-refractivity contribution in [3.8, 4) is 0 Å². The van der Waals surface area contributed by atoms with E-state index in [1.165, 1.54) is 6.42 Å². The Hall–Kier alpha value is -0.160. The molecule has 0 radical (unpaired) electrons. The lowest BCUT2D eigenvalue weighted by Crippen LogP contribution is -2.45. The molecule has 0 amide bonds. The molecule has 0 spiro atoms. The molecule has 17 heavy (non-hydrogen) atoms. The van der Waals surface area contributed by atoms with Gasteiger partial charge in [0.05, 0.1) is 33.0 Å². The summed E-state index contributed by atoms with van der Waals surface area (Å²) in [5, 5.41) is 0. The zero-order chi connectivity index (χ0) is 12.0. The molecule has 1 unspecified atom stereocenters. The fourth-order valence-electron chi connectivity index (χ4n) is 2.15. The predicted molar refractivity (Wildman–Crippen MR) is 63.9 cm³/mol. The van der Waals surface area contributed by atoms with E-state index in [0.29, 0.717) is 13.2 Å². The van der Waals surface area contributed by atoms with Gasteiger partial charge in [0.25, 0.3) is 0 Å². The van der Waals surface area contributed by atoms with E-state index in [1.54, 1.807) is 0 Å². The Labute approximate surface area is 104 Å². The van der Waals surface area contributed by atoms with E-state index in [1.807, 2.05) is 0 Å². The lowest BCUT2D eigenvalue weighted by molar-refractivity contribution is -0.181. The molecule has 2 aliphatic heterocycles. The molecular weight excluding hydrogens is 220 g/mol. The Morgan fingerprint density at radius 1 is 1.24 bits per heavy atom. The predicted octanol–water partition coefficient (Wildman–Crippen LogP) is 1.97. The lowest BCUT2D eigenvalue weighted by atomic mass is 9.84. The first-order chi connectivity index (χ1) is 8.35. The van der Waals surface area contributed by atoms with Crippen LogP contribution in [0.1, 0.15) is 32.6 Å². The van der Waals surface area contributed by atoms with E-state index in [4.69, 9.17) is 18.9 Å². The van der Waals surface area contributed by atoms with E-state index >= 15 is 0 Å². The molecule has 1 atom stereocenters. The van der Waals surface area contributed by atoms with Gasteiger partial charge in [0.1, 0.15) is 0 Å². The smallest absolute Gasteiger partial charge is 0.157 e. The first kappa shape index (κ1) is 13.3. The summed E-state index contributed by atoms with van der Waals surface area (Å²) in [6.45, 7) is 6.79. The molecule has 0 bridgehead atoms. The summed E-state index contributed by atoms with van der Waals surface area (Å²) in [6, 6.07) is 0. The summed E-state index contributed by atoms with van der Waals surface area (Å²) in [7, 11) is 0. The van der Waals surface area contributed by atoms with Crippen LogP contribution in [0.5, 0.6) is 0 Å². The molecule has 2 aliphatic rings. The average molecular weight is 244 g/mol. The van der Waals surface area contributed by atoms with E-state index in [2.05, 4.69) is 6.92 Å². The number of rotatable bonds is 7. The van der Waals surface area contributed by atoms with Crippen molar-refractivity contribution in [1.29, 1.82) is 0 Å². The second kappa shape index (κ2) is 6.69. The van der Waals surface area contributed by atoms with Crippen LogP contribution < -0.4 is 0 Å². The van der Waals surface area contributed by atoms with Gasteiger partial charge in [-0.2, -0.15) is 0 Å². The molecule has 4 heteroatoms. The minimum atomic E-state index is -0.000443. The molecule has 0 aromatic heterocycles. The van der Waals surface area contributed by atoms with E-state index < -0.39 is 0 Å². The average Bonchev–Trinajstić information content (AvgIpc) is 2.33. The maximum absolute atomic E-state index is 5.66. The molecular formula is C13H24O4. The van der Waals surface area contributed by atoms with Gasteiger partial charge in [-0.05, 0) is 25.7 Å². The van der Waals surface area contributed by atoms with Crippen LogP contribution in [0, 0.1) is 5.41 Å². The van der Waals surface area contributed by atoms with Crippen LogP contribution in [0.2, 0.25) is 0 Å². The zero-order valence-corrected chi connectivity index (χ0v) is 10.8. The molecule has 2 rings (SSSR count). The van der Waals surface area contributed by atoms with Crippen LogP contribution in [0.25, 0.3) is 0 Å². The van der Waals surface area contributed by atoms with E-state index in [9.17, 15) is 0 Å². The van der Waals surface area contributed by atoms with Gasteiger partial charge in [-0.1, -0.05) is 6.92 Å². The molecule has 0 aromatic carbocycles. The van der Waals surface area contributed by atoms with Gasteiger partial charge in [0, 0.05) is 12.0 Å². The monoisotopic (exact) mass is 244 g/mol. The van der Waals surface area contributed by atoms with Crippen molar-refractivity contribution in [3.05, 3.63) is 0 Å². The standard InChI is InChI=1S/C13H24O4/c1-2-13(10-15-11-13)9-14-7-8-17-12-5-3-4-6-16-12/h12H,2-11H2,1H3. The van der Waals surface area contributed by atoms with Gasteiger partial charge < -0.3 is 18.9 Å². The van der Waals surface area contributed by atoms with Crippen molar-refractivity contribution < 1.29 is 18.9 Å². The highest BCUT2D eigenvalue weighted by Gasteiger charge is 2.36. The number of hydrogen-bond donors (Lipinski definition) is 0. The van der Waals surface area contributed by atoms with Crippen LogP contribution >= 0.6 is 0 Å². The second-order valence-electron chi connectivity index (χ2n) is 5.07. The van der Waals surface area contributed by atoms with Gasteiger partial charge in [-0.25, -0.2) is 0 Å². The first-order valence-electron chi connectivity index (χ1n) is 6.73. The Morgan fingerprint density at radius 3 is 2.71 bits per heavy atom. The topological polar surface area (TPSA) is 36.9 Å². The lowest BCUT2D eigenvalue weighted by Gasteiger charge is -2.40. The van der Waals surface area contributed by atoms with Gasteiger partial charge in [-0.15, -0.1) is 0 Å². The quantitative estimate of drug-likeness (QED) is 0.642. The minimum absolute atomic E-state index is 0.000443. The molecule has 0 aliphatic carbocycles. The number of ether oxygens (including phenoxy) is 4. The fourth-order valence-corrected chi connectivity index (χ4v) is 2.15. The summed E-state index contributed by atoms with van der Waals surface area (Å²) in [6.07, 6.45) is 4.52. The van der Waals surface area contributed by atoms with Crippen LogP contribution in [-0.2, 0) is 18.9 Å². The van der Waals surface area contributed by atoms with Crippen molar-refractivity contribution in [1.82, 2.24) is 0 Å². The van der Waals surface area contributed by atoms with Gasteiger partial charge in [0.2, 0.25) is 0 Å². The maximum atomic E-state index is 5.66. The highest BCUT2D eigenvalue weighted by molar-refractivity contribution is 4.83. The summed E-state index contributed by atoms with van der Waals surface area (Å²) in [5.74, 6) is 0. The third kappa shape index (κ3) is 3.91. The molecule has 0 N–H and O–H groups in total. The molecule has 100 valence electrons. The summed E-state index contributed by atoms with van der Waals surface area (Å²) >= 11 is 0. The fraction of sp³-hybridized carbons (Fsp3) is 1.00. The second-order valence-corrected chi connectivity index (χ2v) is 5.07. The van der Waals surface area contributed by atoms with Crippen molar-refractivity contribution >= 4 is 0 Å². The molecule has 0 aromatic rings. The minimum Gasteiger partial charge on any atom is -0.380 e. The molecule has 2 heterocycles. The SMILES string of the molecule is CCC1(COCCOC2CCCCO2)COC1. The normalized spacial score (nSPS) is 27.7. The van der Waals surface area contributed by atoms with Crippen LogP contribution in [0.15, 0.2) is 0 Å². The van der Waals surface area contributed by atoms with Gasteiger partial charge in [0.15, 0.2) is 6.29 Å². The Kier molecular flexibility index (Phi) is 5.22. The molecule has 2 fully saturated rings. The summed E-state index contributed by atoms with van der Waals surface area (Å²) in [4.78, 5) is 0. The number of hydrogen-bond acceptors (Lipinski definition) is 4. The third-order valence-electron chi connectivity index (χ3n) is 3.64. The molecule has 4 nitrogen and oxygen atoms in total. The van der Waals surface area contributed by atoms with Crippen molar-refractivity contribution in [2.24, 2.45) is 5.41 Å². The largest absolute Gasteiger partial charge is 0.380 e. The van der Waals surface area contributed by atoms with Gasteiger partial charge in [-0.3, -0.25) is 0 Å². The third-order valence-corrected chi connectivity index (χ3v) is 3.64. The van der Waals surface area contributed by atoms with Crippen LogP contribution in [0.3, 0.4) is 0 Å². The molecule has 2 saturated heterocycles. The highest BCUT2D eigenvalue weighted by Crippen LogP contribution is 2.31. The van der Waals surface area contributed by atoms with E-state index in [-0.39, 0.29) is 11.7 Å². The zero-order valence-electron chi connectivity index (χ0n) is 10.8. The van der Waals surface area contributed by atoms with Crippen molar-refractivity contribution in [2.45, 2.75) is 38.9 Å². The van der Waals surface area contributed by atoms with Crippen molar-refractivity contribution in [2.75, 3.05) is 39.6 Å². The van der Waals surface area contributed by atoms with Crippen molar-refractivity contribution in [3.63, 3.8) is 0 Å². The Bertz CT molecular complexity index is 204. The Balaban J connectivity index is 1.48. The van der Waals surface area contributed by atoms with Crippen LogP contribution in [0.4, 0.5) is 0 Å². The van der Waals surface area contributed by atoms with E-state index in [0.717, 1.165) is 45.7 Å². The summed E-state index contributed by atoms with van der Waals surface area (Å²) in [5.41, 5.74) is 0.279. The van der Waals surface area contributed by atoms with Gasteiger partial charge >= 0.3 is 0 Å². The van der Waals surface area contributed by atoms with Crippen LogP contribution in [-0.4, -0.2) is 45.9 Å². The Morgan fingerprint density at radius 2 is 2.12 bits per heavy atom. The summed E-state index contributed by atoms with van der Waals surface area (Å²) < 4.78 is 22.0.